The molecule has 2 heteroatoms. The van der Waals surface area contributed by atoms with Crippen molar-refractivity contribution in [1.29, 1.82) is 5.26 Å². The molecule has 2 rings (SSSR count). The predicted molar refractivity (Wildman–Crippen MR) is 61.9 cm³/mol. The van der Waals surface area contributed by atoms with Crippen LogP contribution in [0.3, 0.4) is 0 Å². The van der Waals surface area contributed by atoms with E-state index in [4.69, 9.17) is 5.26 Å². The zero-order valence-corrected chi connectivity index (χ0v) is 8.90. The molecule has 0 unspecified atom stereocenters. The predicted octanol–water partition coefficient (Wildman–Crippen LogP) is 2.63. The van der Waals surface area contributed by atoms with E-state index in [9.17, 15) is 0 Å². The van der Waals surface area contributed by atoms with Gasteiger partial charge in [0, 0.05) is 13.1 Å². The minimum Gasteiger partial charge on any atom is -0.366 e. The third-order valence-electron chi connectivity index (χ3n) is 2.67. The topological polar surface area (TPSA) is 27.0 Å². The van der Waals surface area contributed by atoms with E-state index >= 15 is 0 Å². The molecule has 0 bridgehead atoms. The SMILES string of the molecule is Cc1ccc(N2CC=CCC2)c(C#N)c1. The maximum atomic E-state index is 9.08. The van der Waals surface area contributed by atoms with Crippen molar-refractivity contribution in [2.45, 2.75) is 13.3 Å². The Hall–Kier alpha value is -1.75. The first-order chi connectivity index (χ1) is 7.31. The highest BCUT2D eigenvalue weighted by molar-refractivity contribution is 5.61. The number of benzene rings is 1. The van der Waals surface area contributed by atoms with Gasteiger partial charge in [-0.3, -0.25) is 0 Å². The van der Waals surface area contributed by atoms with E-state index in [2.05, 4.69) is 29.2 Å². The summed E-state index contributed by atoms with van der Waals surface area (Å²) in [4.78, 5) is 2.25. The lowest BCUT2D eigenvalue weighted by Crippen LogP contribution is -2.27. The third-order valence-corrected chi connectivity index (χ3v) is 2.67. The summed E-state index contributed by atoms with van der Waals surface area (Å²) in [6, 6.07) is 8.33. The molecule has 1 aromatic carbocycles. The van der Waals surface area contributed by atoms with Gasteiger partial charge >= 0.3 is 0 Å². The van der Waals surface area contributed by atoms with Gasteiger partial charge in [0.05, 0.1) is 11.3 Å². The summed E-state index contributed by atoms with van der Waals surface area (Å²) in [6.45, 7) is 3.94. The van der Waals surface area contributed by atoms with Gasteiger partial charge in [-0.1, -0.05) is 18.2 Å². The maximum absolute atomic E-state index is 9.08. The Kier molecular flexibility index (Phi) is 2.73. The molecule has 1 aliphatic heterocycles. The Bertz CT molecular complexity index is 427. The lowest BCUT2D eigenvalue weighted by Gasteiger charge is -2.26. The van der Waals surface area contributed by atoms with Crippen LogP contribution in [-0.2, 0) is 0 Å². The first-order valence-corrected chi connectivity index (χ1v) is 5.22. The van der Waals surface area contributed by atoms with Crippen LogP contribution in [0.2, 0.25) is 0 Å². The summed E-state index contributed by atoms with van der Waals surface area (Å²) in [5.41, 5.74) is 2.99. The van der Waals surface area contributed by atoms with E-state index in [1.54, 1.807) is 0 Å². The van der Waals surface area contributed by atoms with Crippen molar-refractivity contribution in [3.8, 4) is 6.07 Å². The number of nitriles is 1. The molecule has 2 nitrogen and oxygen atoms in total. The lowest BCUT2D eigenvalue weighted by atomic mass is 10.1. The quantitative estimate of drug-likeness (QED) is 0.649. The van der Waals surface area contributed by atoms with Crippen LogP contribution in [0.4, 0.5) is 5.69 Å². The molecule has 76 valence electrons. The van der Waals surface area contributed by atoms with Crippen molar-refractivity contribution in [3.63, 3.8) is 0 Å². The molecule has 1 aromatic rings. The van der Waals surface area contributed by atoms with E-state index in [0.29, 0.717) is 0 Å². The average molecular weight is 198 g/mol. The third kappa shape index (κ3) is 2.02. The molecular weight excluding hydrogens is 184 g/mol. The molecule has 0 atom stereocenters. The Balaban J connectivity index is 2.35. The fraction of sp³-hybridized carbons (Fsp3) is 0.308. The maximum Gasteiger partial charge on any atom is 0.101 e. The molecule has 0 spiro atoms. The van der Waals surface area contributed by atoms with Crippen molar-refractivity contribution in [3.05, 3.63) is 41.5 Å². The normalized spacial score (nSPS) is 15.1. The Labute approximate surface area is 90.4 Å². The highest BCUT2D eigenvalue weighted by Crippen LogP contribution is 2.22. The van der Waals surface area contributed by atoms with E-state index in [0.717, 1.165) is 36.3 Å². The lowest BCUT2D eigenvalue weighted by molar-refractivity contribution is 0.819. The molecule has 1 aliphatic rings. The molecule has 0 radical (unpaired) electrons. The number of rotatable bonds is 1. The summed E-state index contributed by atoms with van der Waals surface area (Å²) >= 11 is 0. The number of hydrogen-bond donors (Lipinski definition) is 0. The van der Waals surface area contributed by atoms with Crippen molar-refractivity contribution >= 4 is 5.69 Å². The van der Waals surface area contributed by atoms with Crippen LogP contribution >= 0.6 is 0 Å². The number of anilines is 1. The van der Waals surface area contributed by atoms with Crippen LogP contribution < -0.4 is 4.90 Å². The van der Waals surface area contributed by atoms with Crippen LogP contribution in [0.15, 0.2) is 30.4 Å². The molecule has 0 fully saturated rings. The molecule has 1 heterocycles. The van der Waals surface area contributed by atoms with Gasteiger partial charge in [0.25, 0.3) is 0 Å². The average Bonchev–Trinajstić information content (AvgIpc) is 2.30. The first-order valence-electron chi connectivity index (χ1n) is 5.22. The summed E-state index contributed by atoms with van der Waals surface area (Å²) in [6.07, 6.45) is 5.42. The van der Waals surface area contributed by atoms with Gasteiger partial charge < -0.3 is 4.90 Å². The van der Waals surface area contributed by atoms with Gasteiger partial charge in [-0.05, 0) is 31.0 Å². The first kappa shape index (κ1) is 9.79. The van der Waals surface area contributed by atoms with Crippen LogP contribution in [0.25, 0.3) is 0 Å². The van der Waals surface area contributed by atoms with Gasteiger partial charge in [-0.25, -0.2) is 0 Å². The second kappa shape index (κ2) is 4.18. The second-order valence-electron chi connectivity index (χ2n) is 3.84. The zero-order valence-electron chi connectivity index (χ0n) is 8.90. The summed E-state index contributed by atoms with van der Waals surface area (Å²) < 4.78 is 0. The smallest absolute Gasteiger partial charge is 0.101 e. The summed E-state index contributed by atoms with van der Waals surface area (Å²) in [7, 11) is 0. The van der Waals surface area contributed by atoms with Gasteiger partial charge in [-0.15, -0.1) is 0 Å². The van der Waals surface area contributed by atoms with Crippen LogP contribution in [-0.4, -0.2) is 13.1 Å². The summed E-state index contributed by atoms with van der Waals surface area (Å²) in [5, 5.41) is 9.08. The second-order valence-corrected chi connectivity index (χ2v) is 3.84. The highest BCUT2D eigenvalue weighted by Gasteiger charge is 2.11. The van der Waals surface area contributed by atoms with Gasteiger partial charge in [0.1, 0.15) is 6.07 Å². The Morgan fingerprint density at radius 3 is 2.87 bits per heavy atom. The van der Waals surface area contributed by atoms with E-state index in [-0.39, 0.29) is 0 Å². The molecule has 0 amide bonds. The monoisotopic (exact) mass is 198 g/mol. The number of hydrogen-bond acceptors (Lipinski definition) is 2. The zero-order chi connectivity index (χ0) is 10.7. The number of aryl methyl sites for hydroxylation is 1. The number of nitrogens with zero attached hydrogens (tertiary/aromatic N) is 2. The molecule has 0 saturated heterocycles. The highest BCUT2D eigenvalue weighted by atomic mass is 15.1. The molecule has 0 saturated carbocycles. The van der Waals surface area contributed by atoms with Gasteiger partial charge in [-0.2, -0.15) is 5.26 Å². The molecule has 15 heavy (non-hydrogen) atoms. The minimum atomic E-state index is 0.783. The van der Waals surface area contributed by atoms with Crippen molar-refractivity contribution in [2.75, 3.05) is 18.0 Å². The standard InChI is InChI=1S/C13H14N2/c1-11-5-6-13(12(9-11)10-14)15-7-3-2-4-8-15/h2-3,5-6,9H,4,7-8H2,1H3. The fourth-order valence-electron chi connectivity index (χ4n) is 1.88. The van der Waals surface area contributed by atoms with Crippen molar-refractivity contribution in [1.82, 2.24) is 0 Å². The molecule has 0 aliphatic carbocycles. The van der Waals surface area contributed by atoms with Gasteiger partial charge in [0.15, 0.2) is 0 Å². The van der Waals surface area contributed by atoms with E-state index < -0.39 is 0 Å². The Morgan fingerprint density at radius 1 is 1.33 bits per heavy atom. The molecule has 0 N–H and O–H groups in total. The van der Waals surface area contributed by atoms with Crippen molar-refractivity contribution < 1.29 is 0 Å². The van der Waals surface area contributed by atoms with E-state index in [1.807, 2.05) is 19.1 Å². The van der Waals surface area contributed by atoms with Crippen molar-refractivity contribution in [2.24, 2.45) is 0 Å². The Morgan fingerprint density at radius 2 is 2.20 bits per heavy atom. The van der Waals surface area contributed by atoms with E-state index in [1.165, 1.54) is 0 Å². The van der Waals surface area contributed by atoms with Crippen LogP contribution in [0.5, 0.6) is 0 Å². The summed E-state index contributed by atoms with van der Waals surface area (Å²) in [5.74, 6) is 0. The van der Waals surface area contributed by atoms with Crippen LogP contribution in [0.1, 0.15) is 17.5 Å². The molecule has 0 aromatic heterocycles. The minimum absolute atomic E-state index is 0.783. The fourth-order valence-corrected chi connectivity index (χ4v) is 1.88. The van der Waals surface area contributed by atoms with Crippen LogP contribution in [0, 0.1) is 18.3 Å². The van der Waals surface area contributed by atoms with Gasteiger partial charge in [0.2, 0.25) is 0 Å². The molecular formula is C13H14N2. The largest absolute Gasteiger partial charge is 0.366 e.